The first-order chi connectivity index (χ1) is 11.4. The fourth-order valence-electron chi connectivity index (χ4n) is 2.44. The molecular formula is C18H23Cl2IN4. The van der Waals surface area contributed by atoms with Gasteiger partial charge in [-0.2, -0.15) is 0 Å². The van der Waals surface area contributed by atoms with E-state index in [9.17, 15) is 0 Å². The van der Waals surface area contributed by atoms with E-state index in [0.717, 1.165) is 11.3 Å². The summed E-state index contributed by atoms with van der Waals surface area (Å²) in [5, 5.41) is 7.92. The van der Waals surface area contributed by atoms with Gasteiger partial charge < -0.3 is 10.6 Å². The second-order valence-corrected chi connectivity index (χ2v) is 6.90. The number of aliphatic imine (C=N–C) groups is 1. The monoisotopic (exact) mass is 492 g/mol. The molecule has 4 nitrogen and oxygen atoms in total. The van der Waals surface area contributed by atoms with Gasteiger partial charge in [-0.05, 0) is 29.8 Å². The molecule has 0 aliphatic carbocycles. The molecule has 0 amide bonds. The Labute approximate surface area is 176 Å². The van der Waals surface area contributed by atoms with Gasteiger partial charge in [0, 0.05) is 35.2 Å². The number of aromatic nitrogens is 1. The Bertz CT molecular complexity index is 685. The van der Waals surface area contributed by atoms with Crippen LogP contribution in [0, 0.1) is 0 Å². The molecule has 0 spiro atoms. The lowest BCUT2D eigenvalue weighted by atomic mass is 9.84. The first-order valence-electron chi connectivity index (χ1n) is 7.73. The van der Waals surface area contributed by atoms with E-state index in [2.05, 4.69) is 34.5 Å². The minimum absolute atomic E-state index is 0. The number of guanidine groups is 1. The minimum Gasteiger partial charge on any atom is -0.356 e. The molecule has 0 radical (unpaired) electrons. The Balaban J connectivity index is 0.00000312. The van der Waals surface area contributed by atoms with E-state index in [1.54, 1.807) is 13.2 Å². The van der Waals surface area contributed by atoms with Crippen LogP contribution >= 0.6 is 47.2 Å². The SMILES string of the molecule is CN=C(NCc1ccccn1)NCC(C)(C)c1c(Cl)cccc1Cl.I. The maximum Gasteiger partial charge on any atom is 0.191 e. The van der Waals surface area contributed by atoms with Crippen molar-refractivity contribution in [2.45, 2.75) is 25.8 Å². The van der Waals surface area contributed by atoms with Crippen molar-refractivity contribution in [3.63, 3.8) is 0 Å². The van der Waals surface area contributed by atoms with Crippen LogP contribution in [0.5, 0.6) is 0 Å². The lowest BCUT2D eigenvalue weighted by Crippen LogP contribution is -2.43. The van der Waals surface area contributed by atoms with Gasteiger partial charge in [-0.15, -0.1) is 24.0 Å². The summed E-state index contributed by atoms with van der Waals surface area (Å²) >= 11 is 12.7. The Morgan fingerprint density at radius 2 is 1.76 bits per heavy atom. The molecule has 1 aromatic carbocycles. The van der Waals surface area contributed by atoms with Crippen LogP contribution in [-0.4, -0.2) is 24.5 Å². The molecule has 0 aliphatic rings. The smallest absolute Gasteiger partial charge is 0.191 e. The van der Waals surface area contributed by atoms with Crippen molar-refractivity contribution >= 4 is 53.1 Å². The summed E-state index contributed by atoms with van der Waals surface area (Å²) in [6, 6.07) is 11.4. The van der Waals surface area contributed by atoms with E-state index >= 15 is 0 Å². The first kappa shape index (κ1) is 22.0. The van der Waals surface area contributed by atoms with Gasteiger partial charge in [0.15, 0.2) is 5.96 Å². The Kier molecular flexibility index (Phi) is 8.96. The highest BCUT2D eigenvalue weighted by Gasteiger charge is 2.26. The molecule has 2 N–H and O–H groups in total. The van der Waals surface area contributed by atoms with E-state index in [4.69, 9.17) is 23.2 Å². The maximum absolute atomic E-state index is 6.34. The predicted octanol–water partition coefficient (Wildman–Crippen LogP) is 4.65. The molecule has 25 heavy (non-hydrogen) atoms. The van der Waals surface area contributed by atoms with Crippen molar-refractivity contribution in [3.8, 4) is 0 Å². The largest absolute Gasteiger partial charge is 0.356 e. The third-order valence-corrected chi connectivity index (χ3v) is 4.35. The molecule has 2 aromatic rings. The van der Waals surface area contributed by atoms with Gasteiger partial charge in [-0.3, -0.25) is 9.98 Å². The quantitative estimate of drug-likeness (QED) is 0.363. The molecule has 0 fully saturated rings. The molecule has 2 rings (SSSR count). The molecule has 1 heterocycles. The van der Waals surface area contributed by atoms with Crippen LogP contribution in [-0.2, 0) is 12.0 Å². The first-order valence-corrected chi connectivity index (χ1v) is 8.48. The van der Waals surface area contributed by atoms with Gasteiger partial charge in [-0.25, -0.2) is 0 Å². The number of nitrogens with zero attached hydrogens (tertiary/aromatic N) is 2. The fraction of sp³-hybridized carbons (Fsp3) is 0.333. The van der Waals surface area contributed by atoms with Crippen molar-refractivity contribution in [3.05, 3.63) is 63.9 Å². The van der Waals surface area contributed by atoms with Gasteiger partial charge in [-0.1, -0.05) is 49.2 Å². The zero-order valence-corrected chi connectivity index (χ0v) is 18.4. The normalized spacial score (nSPS) is 11.6. The number of hydrogen-bond acceptors (Lipinski definition) is 2. The Hall–Kier alpha value is -1.05. The number of pyridine rings is 1. The van der Waals surface area contributed by atoms with E-state index in [1.165, 1.54) is 0 Å². The molecule has 0 saturated heterocycles. The van der Waals surface area contributed by atoms with Crippen molar-refractivity contribution < 1.29 is 0 Å². The zero-order valence-electron chi connectivity index (χ0n) is 14.5. The summed E-state index contributed by atoms with van der Waals surface area (Å²) in [7, 11) is 1.74. The van der Waals surface area contributed by atoms with Crippen molar-refractivity contribution in [1.29, 1.82) is 0 Å². The molecule has 0 saturated carbocycles. The number of benzene rings is 1. The molecule has 136 valence electrons. The molecule has 0 bridgehead atoms. The third-order valence-electron chi connectivity index (χ3n) is 3.72. The van der Waals surface area contributed by atoms with Crippen LogP contribution in [0.2, 0.25) is 10.0 Å². The van der Waals surface area contributed by atoms with Crippen LogP contribution in [0.25, 0.3) is 0 Å². The van der Waals surface area contributed by atoms with Gasteiger partial charge in [0.05, 0.1) is 12.2 Å². The predicted molar refractivity (Wildman–Crippen MR) is 117 cm³/mol. The van der Waals surface area contributed by atoms with Crippen LogP contribution < -0.4 is 10.6 Å². The van der Waals surface area contributed by atoms with Crippen molar-refractivity contribution in [1.82, 2.24) is 15.6 Å². The van der Waals surface area contributed by atoms with Gasteiger partial charge in [0.2, 0.25) is 0 Å². The number of hydrogen-bond donors (Lipinski definition) is 2. The lowest BCUT2D eigenvalue weighted by molar-refractivity contribution is 0.509. The standard InChI is InChI=1S/C18H22Cl2N4.HI/c1-18(2,16-14(19)8-6-9-15(16)20)12-24-17(21-3)23-11-13-7-4-5-10-22-13;/h4-10H,11-12H2,1-3H3,(H2,21,23,24);1H. The second-order valence-electron chi connectivity index (χ2n) is 6.08. The van der Waals surface area contributed by atoms with Crippen LogP contribution in [0.15, 0.2) is 47.6 Å². The van der Waals surface area contributed by atoms with E-state index in [0.29, 0.717) is 29.1 Å². The van der Waals surface area contributed by atoms with Gasteiger partial charge in [0.1, 0.15) is 0 Å². The number of nitrogens with one attached hydrogen (secondary N) is 2. The topological polar surface area (TPSA) is 49.3 Å². The summed E-state index contributed by atoms with van der Waals surface area (Å²) in [5.74, 6) is 0.705. The summed E-state index contributed by atoms with van der Waals surface area (Å²) in [6.07, 6.45) is 1.77. The third kappa shape index (κ3) is 6.31. The average molecular weight is 493 g/mol. The van der Waals surface area contributed by atoms with E-state index in [1.807, 2.05) is 36.4 Å². The summed E-state index contributed by atoms with van der Waals surface area (Å²) in [4.78, 5) is 8.53. The molecule has 0 atom stereocenters. The zero-order chi connectivity index (χ0) is 17.6. The maximum atomic E-state index is 6.34. The van der Waals surface area contributed by atoms with Crippen LogP contribution in [0.1, 0.15) is 25.1 Å². The Morgan fingerprint density at radius 1 is 1.08 bits per heavy atom. The second kappa shape index (κ2) is 10.2. The van der Waals surface area contributed by atoms with Crippen LogP contribution in [0.3, 0.4) is 0 Å². The van der Waals surface area contributed by atoms with Gasteiger partial charge >= 0.3 is 0 Å². The highest BCUT2D eigenvalue weighted by Crippen LogP contribution is 2.35. The Morgan fingerprint density at radius 3 is 2.32 bits per heavy atom. The van der Waals surface area contributed by atoms with E-state index < -0.39 is 0 Å². The van der Waals surface area contributed by atoms with Crippen LogP contribution in [0.4, 0.5) is 0 Å². The summed E-state index contributed by atoms with van der Waals surface area (Å²) in [6.45, 7) is 5.43. The number of halogens is 3. The molecule has 0 aliphatic heterocycles. The van der Waals surface area contributed by atoms with Crippen molar-refractivity contribution in [2.75, 3.05) is 13.6 Å². The average Bonchev–Trinajstić information content (AvgIpc) is 2.55. The van der Waals surface area contributed by atoms with Gasteiger partial charge in [0.25, 0.3) is 0 Å². The fourth-order valence-corrected chi connectivity index (χ4v) is 3.34. The lowest BCUT2D eigenvalue weighted by Gasteiger charge is -2.28. The molecule has 7 heteroatoms. The van der Waals surface area contributed by atoms with E-state index in [-0.39, 0.29) is 29.4 Å². The minimum atomic E-state index is -0.252. The summed E-state index contributed by atoms with van der Waals surface area (Å²) in [5.41, 5.74) is 1.63. The molecule has 0 unspecified atom stereocenters. The highest BCUT2D eigenvalue weighted by atomic mass is 127. The highest BCUT2D eigenvalue weighted by molar-refractivity contribution is 14.0. The molecule has 1 aromatic heterocycles. The molecular weight excluding hydrogens is 470 g/mol. The number of rotatable bonds is 5. The summed E-state index contributed by atoms with van der Waals surface area (Å²) < 4.78 is 0. The van der Waals surface area contributed by atoms with Crippen molar-refractivity contribution in [2.24, 2.45) is 4.99 Å².